The van der Waals surface area contributed by atoms with Crippen molar-refractivity contribution in [2.75, 3.05) is 13.7 Å². The first kappa shape index (κ1) is 18.4. The summed E-state index contributed by atoms with van der Waals surface area (Å²) in [5.74, 6) is -1.81. The molecule has 27 heavy (non-hydrogen) atoms. The Kier molecular flexibility index (Phi) is 5.40. The fraction of sp³-hybridized carbons (Fsp3) is 0.250. The number of phenolic OH excluding ortho intramolecular Hbond substituents is 1. The minimum Gasteiger partial charge on any atom is -0.508 e. The van der Waals surface area contributed by atoms with Gasteiger partial charge in [0.1, 0.15) is 11.8 Å². The molecule has 3 rings (SSSR count). The number of amides is 1. The van der Waals surface area contributed by atoms with Crippen molar-refractivity contribution in [2.45, 2.75) is 19.0 Å². The smallest absolute Gasteiger partial charge is 0.338 e. The summed E-state index contributed by atoms with van der Waals surface area (Å²) in [7, 11) is 1.27. The summed E-state index contributed by atoms with van der Waals surface area (Å²) in [5.41, 5.74) is 2.05. The average Bonchev–Trinajstić information content (AvgIpc) is 2.70. The highest BCUT2D eigenvalue weighted by atomic mass is 16.5. The van der Waals surface area contributed by atoms with Gasteiger partial charge in [0.15, 0.2) is 6.61 Å². The van der Waals surface area contributed by atoms with E-state index in [4.69, 9.17) is 9.47 Å². The Morgan fingerprint density at radius 3 is 2.56 bits per heavy atom. The Bertz CT molecular complexity index is 878. The summed E-state index contributed by atoms with van der Waals surface area (Å²) in [5, 5.41) is 9.42. The van der Waals surface area contributed by atoms with Crippen LogP contribution in [0.4, 0.5) is 0 Å². The van der Waals surface area contributed by atoms with Gasteiger partial charge in [-0.3, -0.25) is 4.79 Å². The first-order valence-corrected chi connectivity index (χ1v) is 8.40. The Morgan fingerprint density at radius 1 is 1.11 bits per heavy atom. The molecular formula is C20H19NO6. The van der Waals surface area contributed by atoms with E-state index in [0.29, 0.717) is 6.42 Å². The molecule has 0 aromatic heterocycles. The standard InChI is InChI=1S/C20H19NO6/c1-26-20(25)17-10-13-5-2-3-6-15(13)11-21(17)18(23)12-27-19(24)14-7-4-8-16(22)9-14/h2-9,17,22H,10-12H2,1H3/t17-/m1/s1. The molecule has 0 spiro atoms. The molecule has 0 unspecified atom stereocenters. The second-order valence-electron chi connectivity index (χ2n) is 6.16. The maximum Gasteiger partial charge on any atom is 0.338 e. The van der Waals surface area contributed by atoms with Gasteiger partial charge in [0.2, 0.25) is 0 Å². The molecular weight excluding hydrogens is 350 g/mol. The SMILES string of the molecule is COC(=O)[C@H]1Cc2ccccc2CN1C(=O)COC(=O)c1cccc(O)c1. The Balaban J connectivity index is 1.72. The Hall–Kier alpha value is -3.35. The topological polar surface area (TPSA) is 93.1 Å². The lowest BCUT2D eigenvalue weighted by molar-refractivity contribution is -0.155. The summed E-state index contributed by atoms with van der Waals surface area (Å²) < 4.78 is 9.88. The van der Waals surface area contributed by atoms with Crippen molar-refractivity contribution in [1.29, 1.82) is 0 Å². The van der Waals surface area contributed by atoms with E-state index in [1.165, 1.54) is 36.3 Å². The predicted molar refractivity (Wildman–Crippen MR) is 94.9 cm³/mol. The molecule has 0 fully saturated rings. The van der Waals surface area contributed by atoms with Crippen LogP contribution in [0.2, 0.25) is 0 Å². The molecule has 2 aromatic rings. The molecule has 0 radical (unpaired) electrons. The third-order valence-electron chi connectivity index (χ3n) is 4.45. The van der Waals surface area contributed by atoms with E-state index < -0.39 is 30.5 Å². The highest BCUT2D eigenvalue weighted by Crippen LogP contribution is 2.24. The van der Waals surface area contributed by atoms with Crippen LogP contribution < -0.4 is 0 Å². The van der Waals surface area contributed by atoms with Crippen molar-refractivity contribution in [3.63, 3.8) is 0 Å². The monoisotopic (exact) mass is 369 g/mol. The van der Waals surface area contributed by atoms with Crippen LogP contribution in [0.5, 0.6) is 5.75 Å². The normalized spacial score (nSPS) is 15.6. The number of aromatic hydroxyl groups is 1. The zero-order valence-corrected chi connectivity index (χ0v) is 14.8. The van der Waals surface area contributed by atoms with Crippen LogP contribution in [0.15, 0.2) is 48.5 Å². The van der Waals surface area contributed by atoms with Gasteiger partial charge in [-0.2, -0.15) is 0 Å². The van der Waals surface area contributed by atoms with Crippen LogP contribution >= 0.6 is 0 Å². The fourth-order valence-corrected chi connectivity index (χ4v) is 3.06. The van der Waals surface area contributed by atoms with Gasteiger partial charge in [0.25, 0.3) is 5.91 Å². The molecule has 7 nitrogen and oxygen atoms in total. The summed E-state index contributed by atoms with van der Waals surface area (Å²) in [6, 6.07) is 12.4. The number of esters is 2. The first-order chi connectivity index (χ1) is 13.0. The van der Waals surface area contributed by atoms with E-state index in [1.54, 1.807) is 0 Å². The minimum absolute atomic E-state index is 0.0748. The lowest BCUT2D eigenvalue weighted by Gasteiger charge is -2.35. The van der Waals surface area contributed by atoms with Crippen molar-refractivity contribution in [1.82, 2.24) is 4.90 Å². The van der Waals surface area contributed by atoms with Gasteiger partial charge in [-0.15, -0.1) is 0 Å². The van der Waals surface area contributed by atoms with E-state index in [2.05, 4.69) is 0 Å². The zero-order valence-electron chi connectivity index (χ0n) is 14.8. The van der Waals surface area contributed by atoms with Gasteiger partial charge in [0.05, 0.1) is 12.7 Å². The summed E-state index contributed by atoms with van der Waals surface area (Å²) in [6.45, 7) is -0.275. The molecule has 0 saturated heterocycles. The number of rotatable bonds is 4. The van der Waals surface area contributed by atoms with Crippen LogP contribution in [0.3, 0.4) is 0 Å². The number of carbonyl (C=O) groups is 3. The molecule has 140 valence electrons. The molecule has 0 saturated carbocycles. The molecule has 1 aliphatic heterocycles. The van der Waals surface area contributed by atoms with E-state index in [1.807, 2.05) is 24.3 Å². The second-order valence-corrected chi connectivity index (χ2v) is 6.16. The summed E-state index contributed by atoms with van der Waals surface area (Å²) in [6.07, 6.45) is 0.342. The zero-order chi connectivity index (χ0) is 19.4. The third-order valence-corrected chi connectivity index (χ3v) is 4.45. The highest BCUT2D eigenvalue weighted by Gasteiger charge is 2.35. The Morgan fingerprint density at radius 2 is 1.85 bits per heavy atom. The van der Waals surface area contributed by atoms with Crippen LogP contribution in [-0.4, -0.2) is 47.6 Å². The van der Waals surface area contributed by atoms with Crippen molar-refractivity contribution in [3.8, 4) is 5.75 Å². The number of methoxy groups -OCH3 is 1. The van der Waals surface area contributed by atoms with Crippen LogP contribution in [0.25, 0.3) is 0 Å². The number of hydrogen-bond acceptors (Lipinski definition) is 6. The van der Waals surface area contributed by atoms with Gasteiger partial charge in [0, 0.05) is 13.0 Å². The molecule has 2 aromatic carbocycles. The quantitative estimate of drug-likeness (QED) is 0.824. The van der Waals surface area contributed by atoms with Crippen molar-refractivity contribution < 1.29 is 29.0 Å². The van der Waals surface area contributed by atoms with Gasteiger partial charge >= 0.3 is 11.9 Å². The van der Waals surface area contributed by atoms with Gasteiger partial charge in [-0.05, 0) is 29.3 Å². The van der Waals surface area contributed by atoms with Gasteiger partial charge in [-0.1, -0.05) is 30.3 Å². The van der Waals surface area contributed by atoms with Crippen molar-refractivity contribution in [2.24, 2.45) is 0 Å². The second kappa shape index (κ2) is 7.90. The largest absolute Gasteiger partial charge is 0.508 e. The number of hydrogen-bond donors (Lipinski definition) is 1. The number of fused-ring (bicyclic) bond motifs is 1. The minimum atomic E-state index is -0.767. The number of carbonyl (C=O) groups excluding carboxylic acids is 3. The lowest BCUT2D eigenvalue weighted by Crippen LogP contribution is -2.50. The van der Waals surface area contributed by atoms with E-state index in [0.717, 1.165) is 11.1 Å². The maximum atomic E-state index is 12.6. The van der Waals surface area contributed by atoms with Crippen molar-refractivity contribution in [3.05, 3.63) is 65.2 Å². The van der Waals surface area contributed by atoms with Crippen LogP contribution in [0.1, 0.15) is 21.5 Å². The molecule has 1 amide bonds. The number of nitrogens with zero attached hydrogens (tertiary/aromatic N) is 1. The van der Waals surface area contributed by atoms with Crippen molar-refractivity contribution >= 4 is 17.8 Å². The number of benzene rings is 2. The lowest BCUT2D eigenvalue weighted by atomic mass is 9.94. The molecule has 1 heterocycles. The van der Waals surface area contributed by atoms with E-state index in [-0.39, 0.29) is 17.9 Å². The highest BCUT2D eigenvalue weighted by molar-refractivity contribution is 5.92. The van der Waals surface area contributed by atoms with Crippen LogP contribution in [-0.2, 0) is 32.0 Å². The van der Waals surface area contributed by atoms with Crippen LogP contribution in [0, 0.1) is 0 Å². The third kappa shape index (κ3) is 4.08. The summed E-state index contributed by atoms with van der Waals surface area (Å²) >= 11 is 0. The average molecular weight is 369 g/mol. The molecule has 0 aliphatic carbocycles. The predicted octanol–water partition coefficient (Wildman–Crippen LogP) is 1.68. The molecule has 7 heteroatoms. The van der Waals surface area contributed by atoms with E-state index >= 15 is 0 Å². The number of phenols is 1. The van der Waals surface area contributed by atoms with Gasteiger partial charge in [-0.25, -0.2) is 9.59 Å². The summed E-state index contributed by atoms with van der Waals surface area (Å²) in [4.78, 5) is 38.2. The fourth-order valence-electron chi connectivity index (χ4n) is 3.06. The Labute approximate surface area is 156 Å². The molecule has 1 aliphatic rings. The van der Waals surface area contributed by atoms with E-state index in [9.17, 15) is 19.5 Å². The maximum absolute atomic E-state index is 12.6. The first-order valence-electron chi connectivity index (χ1n) is 8.40. The number of ether oxygens (including phenoxy) is 2. The molecule has 0 bridgehead atoms. The molecule has 1 N–H and O–H groups in total. The molecule has 1 atom stereocenters. The van der Waals surface area contributed by atoms with Gasteiger partial charge < -0.3 is 19.5 Å².